The number of rotatable bonds is 5. The molecule has 2 aromatic carbocycles. The van der Waals surface area contributed by atoms with E-state index in [-0.39, 0.29) is 4.90 Å². The molecule has 0 heterocycles. The summed E-state index contributed by atoms with van der Waals surface area (Å²) in [6.07, 6.45) is 0. The number of carbonyl (C=O) groups excluding carboxylic acids is 1. The largest absolute Gasteiger partial charge is 0.325 e. The van der Waals surface area contributed by atoms with Crippen LogP contribution in [0.2, 0.25) is 10.0 Å². The number of benzene rings is 2. The van der Waals surface area contributed by atoms with E-state index in [9.17, 15) is 13.2 Å². The zero-order valence-corrected chi connectivity index (χ0v) is 15.4. The average Bonchev–Trinajstić information content (AvgIpc) is 2.43. The predicted molar refractivity (Wildman–Crippen MR) is 96.2 cm³/mol. The number of hydrogen-bond acceptors (Lipinski definition) is 3. The van der Waals surface area contributed by atoms with Crippen LogP contribution in [0.1, 0.15) is 11.1 Å². The van der Waals surface area contributed by atoms with Crippen LogP contribution in [-0.4, -0.2) is 20.9 Å². The lowest BCUT2D eigenvalue weighted by Crippen LogP contribution is -2.33. The number of hydrogen-bond donors (Lipinski definition) is 2. The van der Waals surface area contributed by atoms with Gasteiger partial charge in [-0.2, -0.15) is 0 Å². The Balaban J connectivity index is 2.05. The monoisotopic (exact) mass is 386 g/mol. The molecule has 0 aliphatic rings. The van der Waals surface area contributed by atoms with E-state index in [0.29, 0.717) is 21.3 Å². The second kappa shape index (κ2) is 7.53. The molecule has 0 saturated heterocycles. The van der Waals surface area contributed by atoms with Crippen molar-refractivity contribution in [2.24, 2.45) is 0 Å². The van der Waals surface area contributed by atoms with Crippen molar-refractivity contribution in [2.75, 3.05) is 11.9 Å². The minimum absolute atomic E-state index is 0.145. The summed E-state index contributed by atoms with van der Waals surface area (Å²) in [7, 11) is -3.77. The Morgan fingerprint density at radius 3 is 2.25 bits per heavy atom. The van der Waals surface area contributed by atoms with Crippen LogP contribution in [0.25, 0.3) is 0 Å². The summed E-state index contributed by atoms with van der Waals surface area (Å²) in [5.74, 6) is -0.526. The third kappa shape index (κ3) is 4.95. The second-order valence-corrected chi connectivity index (χ2v) is 7.91. The maximum Gasteiger partial charge on any atom is 0.241 e. The molecular formula is C16H16Cl2N2O3S. The molecule has 0 fully saturated rings. The van der Waals surface area contributed by atoms with Crippen molar-refractivity contribution in [1.82, 2.24) is 4.72 Å². The summed E-state index contributed by atoms with van der Waals surface area (Å²) in [5.41, 5.74) is 1.97. The van der Waals surface area contributed by atoms with E-state index in [1.807, 2.05) is 6.92 Å². The summed E-state index contributed by atoms with van der Waals surface area (Å²) in [5, 5.41) is 3.27. The van der Waals surface area contributed by atoms with Crippen molar-refractivity contribution in [3.05, 3.63) is 57.6 Å². The number of anilines is 1. The van der Waals surface area contributed by atoms with Gasteiger partial charge in [-0.25, -0.2) is 13.1 Å². The van der Waals surface area contributed by atoms with Crippen molar-refractivity contribution in [3.63, 3.8) is 0 Å². The molecule has 5 nitrogen and oxygen atoms in total. The van der Waals surface area contributed by atoms with Crippen LogP contribution >= 0.6 is 23.2 Å². The van der Waals surface area contributed by atoms with Crippen molar-refractivity contribution in [3.8, 4) is 0 Å². The van der Waals surface area contributed by atoms with Gasteiger partial charge in [0.25, 0.3) is 0 Å². The molecule has 0 atom stereocenters. The summed E-state index contributed by atoms with van der Waals surface area (Å²) in [6, 6.07) is 9.55. The lowest BCUT2D eigenvalue weighted by Gasteiger charge is -2.10. The highest BCUT2D eigenvalue weighted by Crippen LogP contribution is 2.22. The van der Waals surface area contributed by atoms with Gasteiger partial charge >= 0.3 is 0 Å². The van der Waals surface area contributed by atoms with Crippen LogP contribution in [-0.2, 0) is 14.8 Å². The van der Waals surface area contributed by atoms with Gasteiger partial charge in [0.2, 0.25) is 15.9 Å². The maximum absolute atomic E-state index is 12.3. The average molecular weight is 387 g/mol. The van der Waals surface area contributed by atoms with E-state index in [1.165, 1.54) is 24.3 Å². The van der Waals surface area contributed by atoms with Gasteiger partial charge < -0.3 is 5.32 Å². The molecule has 0 aromatic heterocycles. The van der Waals surface area contributed by atoms with Crippen LogP contribution in [0.4, 0.5) is 5.69 Å². The number of amides is 1. The van der Waals surface area contributed by atoms with Crippen molar-refractivity contribution in [1.29, 1.82) is 0 Å². The minimum atomic E-state index is -3.77. The normalized spacial score (nSPS) is 11.3. The highest BCUT2D eigenvalue weighted by molar-refractivity contribution is 7.89. The van der Waals surface area contributed by atoms with E-state index < -0.39 is 22.5 Å². The Labute approximate surface area is 151 Å². The molecule has 128 valence electrons. The van der Waals surface area contributed by atoms with Crippen LogP contribution in [0.5, 0.6) is 0 Å². The summed E-state index contributed by atoms with van der Waals surface area (Å²) < 4.78 is 26.9. The first-order valence-electron chi connectivity index (χ1n) is 7.00. The highest BCUT2D eigenvalue weighted by Gasteiger charge is 2.18. The van der Waals surface area contributed by atoms with Crippen LogP contribution in [0, 0.1) is 13.8 Å². The number of carbonyl (C=O) groups is 1. The van der Waals surface area contributed by atoms with Gasteiger partial charge in [0.05, 0.1) is 11.4 Å². The zero-order valence-electron chi connectivity index (χ0n) is 13.1. The first kappa shape index (κ1) is 18.7. The fourth-order valence-electron chi connectivity index (χ4n) is 2.17. The Bertz CT molecular complexity index is 863. The Morgan fingerprint density at radius 1 is 1.04 bits per heavy atom. The summed E-state index contributed by atoms with van der Waals surface area (Å²) >= 11 is 11.7. The molecule has 0 saturated carbocycles. The van der Waals surface area contributed by atoms with E-state index >= 15 is 0 Å². The minimum Gasteiger partial charge on any atom is -0.325 e. The third-order valence-corrected chi connectivity index (χ3v) is 5.19. The van der Waals surface area contributed by atoms with Gasteiger partial charge in [-0.3, -0.25) is 4.79 Å². The lowest BCUT2D eigenvalue weighted by atomic mass is 10.2. The van der Waals surface area contributed by atoms with Gasteiger partial charge in [0.15, 0.2) is 0 Å². The molecule has 0 radical (unpaired) electrons. The van der Waals surface area contributed by atoms with E-state index in [1.54, 1.807) is 19.1 Å². The molecule has 0 bridgehead atoms. The fraction of sp³-hybridized carbons (Fsp3) is 0.188. The molecule has 24 heavy (non-hydrogen) atoms. The van der Waals surface area contributed by atoms with Gasteiger partial charge in [-0.05, 0) is 43.7 Å². The topological polar surface area (TPSA) is 75.3 Å². The highest BCUT2D eigenvalue weighted by atomic mass is 35.5. The Hall–Kier alpha value is -1.60. The molecule has 1 amide bonds. The fourth-order valence-corrected chi connectivity index (χ4v) is 3.90. The van der Waals surface area contributed by atoms with Crippen LogP contribution in [0.3, 0.4) is 0 Å². The number of aryl methyl sites for hydroxylation is 2. The maximum atomic E-state index is 12.3. The van der Waals surface area contributed by atoms with Gasteiger partial charge in [-0.15, -0.1) is 0 Å². The van der Waals surface area contributed by atoms with Crippen molar-refractivity contribution in [2.45, 2.75) is 18.7 Å². The Morgan fingerprint density at radius 2 is 1.67 bits per heavy atom. The SMILES string of the molecule is Cc1ccc(S(=O)(=O)NCC(=O)Nc2cc(Cl)cc(Cl)c2)c(C)c1. The van der Waals surface area contributed by atoms with Crippen LogP contribution < -0.4 is 10.0 Å². The molecule has 0 spiro atoms. The third-order valence-electron chi connectivity index (χ3n) is 3.19. The predicted octanol–water partition coefficient (Wildman–Crippen LogP) is 3.53. The van der Waals surface area contributed by atoms with Gasteiger partial charge in [0, 0.05) is 15.7 Å². The zero-order chi connectivity index (χ0) is 17.9. The number of nitrogens with one attached hydrogen (secondary N) is 2. The number of sulfonamides is 1. The summed E-state index contributed by atoms with van der Waals surface area (Å²) in [6.45, 7) is 3.18. The smallest absolute Gasteiger partial charge is 0.241 e. The van der Waals surface area contributed by atoms with Crippen molar-refractivity contribution >= 4 is 44.8 Å². The number of halogens is 2. The van der Waals surface area contributed by atoms with E-state index in [0.717, 1.165) is 5.56 Å². The van der Waals surface area contributed by atoms with Crippen molar-refractivity contribution < 1.29 is 13.2 Å². The second-order valence-electron chi connectivity index (χ2n) is 5.30. The van der Waals surface area contributed by atoms with E-state index in [4.69, 9.17) is 23.2 Å². The van der Waals surface area contributed by atoms with Gasteiger partial charge in [0.1, 0.15) is 0 Å². The quantitative estimate of drug-likeness (QED) is 0.824. The first-order chi connectivity index (χ1) is 11.2. The standard InChI is InChI=1S/C16H16Cl2N2O3S/c1-10-3-4-15(11(2)5-10)24(22,23)19-9-16(21)20-14-7-12(17)6-13(18)8-14/h3-8,19H,9H2,1-2H3,(H,20,21). The Kier molecular flexibility index (Phi) is 5.87. The molecule has 2 N–H and O–H groups in total. The van der Waals surface area contributed by atoms with Crippen LogP contribution in [0.15, 0.2) is 41.3 Å². The first-order valence-corrected chi connectivity index (χ1v) is 9.24. The molecule has 0 unspecified atom stereocenters. The van der Waals surface area contributed by atoms with Gasteiger partial charge in [-0.1, -0.05) is 40.9 Å². The molecule has 0 aliphatic heterocycles. The molecule has 8 heteroatoms. The van der Waals surface area contributed by atoms with E-state index in [2.05, 4.69) is 10.0 Å². The molecule has 0 aliphatic carbocycles. The molecule has 2 aromatic rings. The summed E-state index contributed by atoms with van der Waals surface area (Å²) in [4.78, 5) is 12.1. The lowest BCUT2D eigenvalue weighted by molar-refractivity contribution is -0.115. The molecular weight excluding hydrogens is 371 g/mol. The molecule has 2 rings (SSSR count).